The van der Waals surface area contributed by atoms with Gasteiger partial charge in [-0.3, -0.25) is 4.79 Å². The summed E-state index contributed by atoms with van der Waals surface area (Å²) < 4.78 is 23.6. The minimum absolute atomic E-state index is 0.0553. The zero-order valence-electron chi connectivity index (χ0n) is 7.86. The van der Waals surface area contributed by atoms with Crippen LogP contribution in [-0.2, 0) is 14.8 Å². The fraction of sp³-hybridized carbons (Fsp3) is 0.857. The molecule has 78 valence electrons. The maximum atomic E-state index is 11.3. The van der Waals surface area contributed by atoms with Crippen LogP contribution in [0.25, 0.3) is 0 Å². The molecule has 0 aromatic rings. The van der Waals surface area contributed by atoms with E-state index in [4.69, 9.17) is 5.11 Å². The lowest BCUT2D eigenvalue weighted by atomic mass is 10.5. The molecule has 0 radical (unpaired) electrons. The quantitative estimate of drug-likeness (QED) is 0.675. The Morgan fingerprint density at radius 3 is 2.23 bits per heavy atom. The maximum Gasteiger partial charge on any atom is 0.318 e. The Morgan fingerprint density at radius 2 is 1.92 bits per heavy atom. The number of carbonyl (C=O) groups is 1. The Kier molecular flexibility index (Phi) is 4.94. The van der Waals surface area contributed by atoms with Crippen LogP contribution < -0.4 is 0 Å². The van der Waals surface area contributed by atoms with Crippen molar-refractivity contribution in [3.63, 3.8) is 0 Å². The van der Waals surface area contributed by atoms with Gasteiger partial charge in [0.25, 0.3) is 0 Å². The van der Waals surface area contributed by atoms with E-state index in [2.05, 4.69) is 0 Å². The van der Waals surface area contributed by atoms with Crippen molar-refractivity contribution >= 4 is 16.0 Å². The highest BCUT2D eigenvalue weighted by Gasteiger charge is 2.21. The summed E-state index contributed by atoms with van der Waals surface area (Å²) in [5, 5.41) is 8.46. The fourth-order valence-electron chi connectivity index (χ4n) is 0.899. The summed E-state index contributed by atoms with van der Waals surface area (Å²) in [5.41, 5.74) is 0. The van der Waals surface area contributed by atoms with Crippen molar-refractivity contribution in [2.24, 2.45) is 0 Å². The highest BCUT2D eigenvalue weighted by molar-refractivity contribution is 7.89. The minimum atomic E-state index is -3.36. The zero-order valence-corrected chi connectivity index (χ0v) is 8.67. The Hall–Kier alpha value is -0.620. The summed E-state index contributed by atoms with van der Waals surface area (Å²) in [4.78, 5) is 10.3. The molecule has 0 saturated heterocycles. The molecule has 5 nitrogen and oxygen atoms in total. The number of rotatable bonds is 6. The average molecular weight is 209 g/mol. The van der Waals surface area contributed by atoms with Crippen molar-refractivity contribution in [1.82, 2.24) is 4.31 Å². The molecule has 0 unspecified atom stereocenters. The highest BCUT2D eigenvalue weighted by atomic mass is 32.2. The molecule has 1 N–H and O–H groups in total. The standard InChI is InChI=1S/C7H15NO4S/c1-3-5-8(6-7(9)10)13(11,12)4-2/h3-6H2,1-2H3,(H,9,10). The molecule has 0 saturated carbocycles. The van der Waals surface area contributed by atoms with Crippen molar-refractivity contribution in [2.45, 2.75) is 20.3 Å². The lowest BCUT2D eigenvalue weighted by Crippen LogP contribution is -2.37. The van der Waals surface area contributed by atoms with Crippen molar-refractivity contribution in [3.05, 3.63) is 0 Å². The second-order valence-electron chi connectivity index (χ2n) is 2.63. The van der Waals surface area contributed by atoms with Gasteiger partial charge in [0.1, 0.15) is 6.54 Å². The van der Waals surface area contributed by atoms with Crippen LogP contribution in [0.3, 0.4) is 0 Å². The SMILES string of the molecule is CCCN(CC(=O)O)S(=O)(=O)CC. The number of nitrogens with zero attached hydrogens (tertiary/aromatic N) is 1. The van der Waals surface area contributed by atoms with E-state index in [1.807, 2.05) is 0 Å². The fourth-order valence-corrected chi connectivity index (χ4v) is 2.03. The zero-order chi connectivity index (χ0) is 10.5. The Balaban J connectivity index is 4.51. The van der Waals surface area contributed by atoms with Crippen LogP contribution >= 0.6 is 0 Å². The number of sulfonamides is 1. The van der Waals surface area contributed by atoms with Crippen LogP contribution in [0.5, 0.6) is 0 Å². The molecule has 0 aliphatic heterocycles. The molecule has 0 heterocycles. The summed E-state index contributed by atoms with van der Waals surface area (Å²) in [5.74, 6) is -1.18. The Bertz CT molecular complexity index is 260. The molecule has 13 heavy (non-hydrogen) atoms. The van der Waals surface area contributed by atoms with Gasteiger partial charge in [0.05, 0.1) is 5.75 Å². The molecule has 0 aliphatic rings. The summed E-state index contributed by atoms with van der Waals surface area (Å²) in [6, 6.07) is 0. The first-order valence-electron chi connectivity index (χ1n) is 4.13. The van der Waals surface area contributed by atoms with Gasteiger partial charge in [0.2, 0.25) is 10.0 Å². The largest absolute Gasteiger partial charge is 0.480 e. The number of hydrogen-bond donors (Lipinski definition) is 1. The van der Waals surface area contributed by atoms with Gasteiger partial charge in [-0.25, -0.2) is 8.42 Å². The minimum Gasteiger partial charge on any atom is -0.480 e. The molecule has 0 amide bonds. The van der Waals surface area contributed by atoms with Crippen molar-refractivity contribution in [2.75, 3.05) is 18.8 Å². The third-order valence-corrected chi connectivity index (χ3v) is 3.37. The first-order valence-corrected chi connectivity index (χ1v) is 5.74. The number of carboxylic acid groups (broad SMARTS) is 1. The second kappa shape index (κ2) is 5.18. The van der Waals surface area contributed by atoms with Crippen LogP contribution in [0.2, 0.25) is 0 Å². The van der Waals surface area contributed by atoms with Gasteiger partial charge in [0, 0.05) is 6.54 Å². The van der Waals surface area contributed by atoms with Crippen LogP contribution in [0.15, 0.2) is 0 Å². The van der Waals surface area contributed by atoms with Crippen LogP contribution in [-0.4, -0.2) is 42.6 Å². The van der Waals surface area contributed by atoms with Gasteiger partial charge >= 0.3 is 5.97 Å². The maximum absolute atomic E-state index is 11.3. The monoisotopic (exact) mass is 209 g/mol. The number of carboxylic acids is 1. The molecule has 0 fully saturated rings. The van der Waals surface area contributed by atoms with Crippen LogP contribution in [0.4, 0.5) is 0 Å². The number of hydrogen-bond acceptors (Lipinski definition) is 3. The van der Waals surface area contributed by atoms with E-state index in [9.17, 15) is 13.2 Å². The molecular formula is C7H15NO4S. The average Bonchev–Trinajstić information content (AvgIpc) is 2.03. The highest BCUT2D eigenvalue weighted by Crippen LogP contribution is 2.01. The van der Waals surface area contributed by atoms with Gasteiger partial charge in [-0.1, -0.05) is 6.92 Å². The third kappa shape index (κ3) is 4.23. The molecule has 0 aromatic heterocycles. The first kappa shape index (κ1) is 12.4. The van der Waals surface area contributed by atoms with Crippen LogP contribution in [0.1, 0.15) is 20.3 Å². The van der Waals surface area contributed by atoms with Gasteiger partial charge < -0.3 is 5.11 Å². The second-order valence-corrected chi connectivity index (χ2v) is 4.89. The number of aliphatic carboxylic acids is 1. The van der Waals surface area contributed by atoms with E-state index in [-0.39, 0.29) is 12.3 Å². The smallest absolute Gasteiger partial charge is 0.318 e. The van der Waals surface area contributed by atoms with Crippen LogP contribution in [0, 0.1) is 0 Å². The van der Waals surface area contributed by atoms with E-state index >= 15 is 0 Å². The summed E-state index contributed by atoms with van der Waals surface area (Å²) in [6.07, 6.45) is 0.618. The third-order valence-electron chi connectivity index (χ3n) is 1.54. The predicted molar refractivity (Wildman–Crippen MR) is 49.0 cm³/mol. The van der Waals surface area contributed by atoms with E-state index < -0.39 is 22.5 Å². The first-order chi connectivity index (χ1) is 5.94. The predicted octanol–water partition coefficient (Wildman–Crippen LogP) is 0.133. The Labute approximate surface area is 78.4 Å². The topological polar surface area (TPSA) is 74.7 Å². The lowest BCUT2D eigenvalue weighted by Gasteiger charge is -2.17. The molecule has 0 bridgehead atoms. The summed E-state index contributed by atoms with van der Waals surface area (Å²) in [6.45, 7) is 3.13. The van der Waals surface area contributed by atoms with Gasteiger partial charge in [-0.15, -0.1) is 0 Å². The molecule has 0 spiro atoms. The van der Waals surface area contributed by atoms with E-state index in [1.165, 1.54) is 6.92 Å². The van der Waals surface area contributed by atoms with E-state index in [1.54, 1.807) is 6.92 Å². The normalized spacial score (nSPS) is 11.9. The molecule has 6 heteroatoms. The van der Waals surface area contributed by atoms with Crippen molar-refractivity contribution < 1.29 is 18.3 Å². The van der Waals surface area contributed by atoms with Crippen molar-refractivity contribution in [1.29, 1.82) is 0 Å². The summed E-state index contributed by atoms with van der Waals surface area (Å²) in [7, 11) is -3.36. The van der Waals surface area contributed by atoms with E-state index in [0.717, 1.165) is 4.31 Å². The molecule has 0 aliphatic carbocycles. The van der Waals surface area contributed by atoms with Gasteiger partial charge in [-0.2, -0.15) is 4.31 Å². The van der Waals surface area contributed by atoms with E-state index in [0.29, 0.717) is 6.42 Å². The Morgan fingerprint density at radius 1 is 1.38 bits per heavy atom. The molecular weight excluding hydrogens is 194 g/mol. The molecule has 0 aromatic carbocycles. The molecule has 0 atom stereocenters. The van der Waals surface area contributed by atoms with Gasteiger partial charge in [-0.05, 0) is 13.3 Å². The lowest BCUT2D eigenvalue weighted by molar-refractivity contribution is -0.137. The van der Waals surface area contributed by atoms with Crippen molar-refractivity contribution in [3.8, 4) is 0 Å². The molecule has 0 rings (SSSR count). The summed E-state index contributed by atoms with van der Waals surface area (Å²) >= 11 is 0. The van der Waals surface area contributed by atoms with Gasteiger partial charge in [0.15, 0.2) is 0 Å².